The fourth-order valence-corrected chi connectivity index (χ4v) is 14.2. The molecular weight excluding hydrogens is 1460 g/mol. The van der Waals surface area contributed by atoms with Gasteiger partial charge in [-0.3, -0.25) is 39.9 Å². The van der Waals surface area contributed by atoms with E-state index in [9.17, 15) is 35.8 Å². The number of pyridine rings is 4. The smallest absolute Gasteiger partial charge is 0.609 e. The molecule has 4 atom stereocenters. The average Bonchev–Trinajstić information content (AvgIpc) is 1.63. The Kier molecular flexibility index (Phi) is 33.0. The largest absolute Gasteiger partial charge is 2.00 e. The van der Waals surface area contributed by atoms with Crippen molar-refractivity contribution in [2.75, 3.05) is 56.9 Å². The number of aryl methyl sites for hydroxylation is 2. The fourth-order valence-electron chi connectivity index (χ4n) is 10.00. The summed E-state index contributed by atoms with van der Waals surface area (Å²) in [6, 6.07) is 22.8. The maximum absolute atomic E-state index is 12.7. The molecule has 0 radical (unpaired) electrons. The van der Waals surface area contributed by atoms with Gasteiger partial charge in [0.15, 0.2) is 46.0 Å². The van der Waals surface area contributed by atoms with Gasteiger partial charge in [-0.2, -0.15) is 37.5 Å². The first-order valence-corrected chi connectivity index (χ1v) is 35.0. The second kappa shape index (κ2) is 40.0. The van der Waals surface area contributed by atoms with Gasteiger partial charge in [-0.25, -0.2) is 0 Å². The van der Waals surface area contributed by atoms with Gasteiger partial charge in [-0.05, 0) is 76.2 Å². The molecule has 0 spiro atoms. The minimum Gasteiger partial charge on any atom is -0.609 e. The standard InChI is InChI=1S/2C17H19N3O3S.2C16H15F2N3O4S.Mg.2Na/c2*1-10-8-18-15(11(2)16(10)23-4)9-24(21)17-19-13-6-5-12(22-3)7-14(13)20-17;2*1-23-13-5-6-19-12(14(13)24-2)8-26(22)16-20-10-4-3-9(25-15(17)18)7-11(10)21-16;;;/h2*5-8H,9H2,1-4H3,(H,19,20);2*3-7,15H,8H2,1-2H3,(H,20,21);;;/q;;;;+2;2*+1/t2*24-;;;;;/m00...../s1. The number of rotatable bonds is 24. The minimum atomic E-state index is -2.92. The predicted octanol–water partition coefficient (Wildman–Crippen LogP) is 5.20. The Morgan fingerprint density at radius 1 is 0.369 bits per heavy atom. The van der Waals surface area contributed by atoms with Crippen LogP contribution >= 0.6 is 0 Å². The van der Waals surface area contributed by atoms with Crippen LogP contribution in [0.5, 0.6) is 57.5 Å². The van der Waals surface area contributed by atoms with Crippen LogP contribution in [0.3, 0.4) is 0 Å². The summed E-state index contributed by atoms with van der Waals surface area (Å²) in [6.45, 7) is 1.88. The number of nitrogens with zero attached hydrogens (tertiary/aromatic N) is 8. The van der Waals surface area contributed by atoms with Crippen LogP contribution < -0.4 is 106 Å². The first-order valence-electron chi connectivity index (χ1n) is 29.7. The monoisotopic (exact) mass is 1530 g/mol. The molecule has 528 valence electrons. The van der Waals surface area contributed by atoms with Gasteiger partial charge in [-0.15, -0.1) is 0 Å². The van der Waals surface area contributed by atoms with E-state index >= 15 is 0 Å². The van der Waals surface area contributed by atoms with E-state index in [2.05, 4.69) is 69.3 Å². The molecule has 103 heavy (non-hydrogen) atoms. The molecule has 37 heteroatoms. The third-order valence-electron chi connectivity index (χ3n) is 14.8. The zero-order valence-corrected chi connectivity index (χ0v) is 67.2. The number of aromatic nitrogens is 12. The summed E-state index contributed by atoms with van der Waals surface area (Å²) in [5.74, 6) is 5.34. The summed E-state index contributed by atoms with van der Waals surface area (Å²) in [5, 5.41) is 1.25. The first kappa shape index (κ1) is 85.0. The number of imidazole rings is 4. The second-order valence-electron chi connectivity index (χ2n) is 21.1. The third-order valence-corrected chi connectivity index (χ3v) is 19.5. The Morgan fingerprint density at radius 3 is 0.922 bits per heavy atom. The number of H-pyrrole nitrogens is 4. The summed E-state index contributed by atoms with van der Waals surface area (Å²) in [7, 11) is 12.4. The number of nitrogens with one attached hydrogen (secondary N) is 4. The van der Waals surface area contributed by atoms with Crippen LogP contribution in [0.1, 0.15) is 45.0 Å². The van der Waals surface area contributed by atoms with Gasteiger partial charge in [0.1, 0.15) is 45.9 Å². The molecule has 0 aliphatic rings. The minimum absolute atomic E-state index is 0. The maximum atomic E-state index is 12.7. The van der Waals surface area contributed by atoms with E-state index in [0.29, 0.717) is 78.3 Å². The number of aromatic amines is 4. The van der Waals surface area contributed by atoms with Crippen molar-refractivity contribution >= 4 is 112 Å². The van der Waals surface area contributed by atoms with E-state index in [4.69, 9.17) is 37.9 Å². The van der Waals surface area contributed by atoms with E-state index < -0.39 is 57.9 Å². The van der Waals surface area contributed by atoms with Gasteiger partial charge in [0.25, 0.3) is 0 Å². The second-order valence-corrected chi connectivity index (χ2v) is 26.6. The molecule has 4 N–H and O–H groups in total. The van der Waals surface area contributed by atoms with Gasteiger partial charge in [0.05, 0.1) is 112 Å². The predicted molar refractivity (Wildman–Crippen MR) is 372 cm³/mol. The van der Waals surface area contributed by atoms with E-state index in [0.717, 1.165) is 67.2 Å². The molecule has 2 unspecified atom stereocenters. The Hall–Kier alpha value is -6.91. The van der Waals surface area contributed by atoms with Crippen molar-refractivity contribution in [2.24, 2.45) is 0 Å². The molecule has 0 fully saturated rings. The maximum Gasteiger partial charge on any atom is 2.00 e. The average molecular weight is 1530 g/mol. The van der Waals surface area contributed by atoms with Gasteiger partial charge in [0.2, 0.25) is 0 Å². The molecule has 0 aliphatic carbocycles. The molecule has 0 saturated heterocycles. The van der Waals surface area contributed by atoms with E-state index in [1.54, 1.807) is 53.0 Å². The molecule has 26 nitrogen and oxygen atoms in total. The molecule has 4 aromatic carbocycles. The SMILES string of the molecule is COc1ccc2[nH]c([S@@+]([O-])Cc3ncc(C)c(OC)c3C)nc2c1.COc1ccc2[nH]c([S@@+]([O-])Cc3ncc(C)c(OC)c3C)nc2c1.COc1ccnc(C[S+]([O-])c2nc3cc(OC(F)F)ccc3[nH]2)c1OC.COc1ccnc(C[S+]([O-])c2nc3cc(OC(F)F)ccc3[nH]2)c1OC.[Mg+2].[Na+].[Na+]. The van der Waals surface area contributed by atoms with Gasteiger partial charge >= 0.3 is 116 Å². The zero-order chi connectivity index (χ0) is 71.9. The number of halogens is 4. The number of benzene rings is 4. The van der Waals surface area contributed by atoms with Gasteiger partial charge in [0, 0.05) is 128 Å². The van der Waals surface area contributed by atoms with Crippen molar-refractivity contribution in [3.05, 3.63) is 155 Å². The Balaban J connectivity index is 0.000000214. The number of methoxy groups -OCH3 is 8. The van der Waals surface area contributed by atoms with E-state index in [-0.39, 0.29) is 127 Å². The number of hydrogen-bond acceptors (Lipinski definition) is 22. The quantitative estimate of drug-likeness (QED) is 0.0343. The topological polar surface area (TPSA) is 351 Å². The Bertz CT molecular complexity index is 4480. The van der Waals surface area contributed by atoms with Gasteiger partial charge < -0.3 is 65.6 Å². The number of alkyl halides is 4. The fraction of sp³-hybridized carbons (Fsp3) is 0.273. The Morgan fingerprint density at radius 2 is 0.650 bits per heavy atom. The van der Waals surface area contributed by atoms with Crippen LogP contribution in [0.4, 0.5) is 17.6 Å². The van der Waals surface area contributed by atoms with Crippen LogP contribution in [0.15, 0.2) is 130 Å². The summed E-state index contributed by atoms with van der Waals surface area (Å²) >= 11 is -5.78. The molecule has 8 heterocycles. The summed E-state index contributed by atoms with van der Waals surface area (Å²) in [4.78, 5) is 46.4. The van der Waals surface area contributed by atoms with E-state index in [1.807, 2.05) is 64.1 Å². The van der Waals surface area contributed by atoms with Crippen molar-refractivity contribution in [1.29, 1.82) is 0 Å². The third kappa shape index (κ3) is 21.6. The molecule has 0 amide bonds. The van der Waals surface area contributed by atoms with Crippen LogP contribution in [-0.2, 0) is 67.7 Å². The van der Waals surface area contributed by atoms with Crippen molar-refractivity contribution in [2.45, 2.75) is 84.6 Å². The van der Waals surface area contributed by atoms with Gasteiger partial charge in [-0.1, -0.05) is 0 Å². The number of ether oxygens (including phenoxy) is 10. The van der Waals surface area contributed by atoms with Crippen molar-refractivity contribution in [1.82, 2.24) is 59.8 Å². The van der Waals surface area contributed by atoms with Crippen molar-refractivity contribution < 1.29 is 142 Å². The first-order chi connectivity index (χ1) is 48.1. The summed E-state index contributed by atoms with van der Waals surface area (Å²) in [6.07, 6.45) is 6.53. The molecule has 12 aromatic rings. The zero-order valence-electron chi connectivity index (χ0n) is 58.5. The normalized spacial score (nSPS) is 12.0. The summed E-state index contributed by atoms with van der Waals surface area (Å²) in [5.41, 5.74) is 11.1. The molecule has 8 aromatic heterocycles. The Labute approximate surface area is 661 Å². The molecule has 0 aliphatic heterocycles. The summed E-state index contributed by atoms with van der Waals surface area (Å²) < 4.78 is 151. The molecule has 12 rings (SSSR count). The number of fused-ring (bicyclic) bond motifs is 4. The van der Waals surface area contributed by atoms with E-state index in [1.165, 1.54) is 77.2 Å². The molecular formula is C66H68F4MgN12Na2O14S4+4. The van der Waals surface area contributed by atoms with Crippen LogP contribution in [-0.4, -0.2) is 171 Å². The number of hydrogen-bond donors (Lipinski definition) is 4. The van der Waals surface area contributed by atoms with Crippen LogP contribution in [0.2, 0.25) is 0 Å². The van der Waals surface area contributed by atoms with Crippen molar-refractivity contribution in [3.8, 4) is 57.5 Å². The van der Waals surface area contributed by atoms with Crippen LogP contribution in [0.25, 0.3) is 44.1 Å². The molecule has 0 saturated carbocycles. The van der Waals surface area contributed by atoms with Crippen molar-refractivity contribution in [3.63, 3.8) is 0 Å². The van der Waals surface area contributed by atoms with Crippen LogP contribution in [0, 0.1) is 27.7 Å². The molecule has 0 bridgehead atoms.